The first-order chi connectivity index (χ1) is 13.0. The smallest absolute Gasteiger partial charge is 0.262 e. The molecule has 11 heteroatoms. The van der Waals surface area contributed by atoms with Crippen LogP contribution in [-0.2, 0) is 17.1 Å². The Labute approximate surface area is 154 Å². The topological polar surface area (TPSA) is 117 Å². The third kappa shape index (κ3) is 3.08. The van der Waals surface area contributed by atoms with Gasteiger partial charge in [0.15, 0.2) is 0 Å². The fourth-order valence-corrected chi connectivity index (χ4v) is 3.79. The van der Waals surface area contributed by atoms with E-state index in [0.717, 1.165) is 10.9 Å². The minimum absolute atomic E-state index is 0.0578. The number of hydrogen-bond donors (Lipinski definition) is 1. The second-order valence-corrected chi connectivity index (χ2v) is 7.42. The predicted octanol–water partition coefficient (Wildman–Crippen LogP) is 1.36. The number of hydrogen-bond acceptors (Lipinski definition) is 7. The van der Waals surface area contributed by atoms with Crippen molar-refractivity contribution in [2.24, 2.45) is 7.05 Å². The van der Waals surface area contributed by atoms with Gasteiger partial charge in [0.05, 0.1) is 23.7 Å². The van der Waals surface area contributed by atoms with Crippen molar-refractivity contribution < 1.29 is 13.2 Å². The standard InChI is InChI=1S/C16H15N7O3S/c1-22-14-5-3-12(7-11(14)9-18-22)19-27(24,25)13-4-6-15(16(8-13)26-2)23-10-17-20-21-23/h3-10,19H,1-2H3. The number of nitrogens with one attached hydrogen (secondary N) is 1. The second kappa shape index (κ2) is 6.36. The predicted molar refractivity (Wildman–Crippen MR) is 97.2 cm³/mol. The van der Waals surface area contributed by atoms with Crippen LogP contribution in [0.1, 0.15) is 0 Å². The Balaban J connectivity index is 1.68. The fraction of sp³-hybridized carbons (Fsp3) is 0.125. The number of aryl methyl sites for hydroxylation is 1. The lowest BCUT2D eigenvalue weighted by atomic mass is 10.2. The Morgan fingerprint density at radius 2 is 2.00 bits per heavy atom. The fourth-order valence-electron chi connectivity index (χ4n) is 2.73. The first kappa shape index (κ1) is 17.0. The molecule has 0 amide bonds. The third-order valence-corrected chi connectivity index (χ3v) is 5.43. The van der Waals surface area contributed by atoms with Crippen molar-refractivity contribution >= 4 is 26.6 Å². The monoisotopic (exact) mass is 385 g/mol. The van der Waals surface area contributed by atoms with Crippen molar-refractivity contribution in [2.45, 2.75) is 4.90 Å². The molecule has 0 saturated carbocycles. The number of tetrazole rings is 1. The normalized spacial score (nSPS) is 11.6. The molecule has 0 aliphatic heterocycles. The first-order valence-corrected chi connectivity index (χ1v) is 9.32. The molecule has 2 aromatic carbocycles. The molecule has 0 bridgehead atoms. The third-order valence-electron chi connectivity index (χ3n) is 4.06. The zero-order valence-electron chi connectivity index (χ0n) is 14.4. The lowest BCUT2D eigenvalue weighted by Gasteiger charge is -2.12. The second-order valence-electron chi connectivity index (χ2n) is 5.74. The number of rotatable bonds is 5. The molecule has 0 radical (unpaired) electrons. The Kier molecular flexibility index (Phi) is 4.00. The van der Waals surface area contributed by atoms with Crippen LogP contribution in [0.25, 0.3) is 16.6 Å². The van der Waals surface area contributed by atoms with Crippen LogP contribution in [0.5, 0.6) is 5.75 Å². The van der Waals surface area contributed by atoms with Gasteiger partial charge in [-0.05, 0) is 40.8 Å². The van der Waals surface area contributed by atoms with E-state index in [1.807, 2.05) is 13.1 Å². The zero-order valence-corrected chi connectivity index (χ0v) is 15.3. The average Bonchev–Trinajstić information content (AvgIpc) is 3.31. The molecule has 27 heavy (non-hydrogen) atoms. The minimum atomic E-state index is -3.81. The van der Waals surface area contributed by atoms with Gasteiger partial charge in [-0.2, -0.15) is 9.78 Å². The number of fused-ring (bicyclic) bond motifs is 1. The summed E-state index contributed by atoms with van der Waals surface area (Å²) in [6.07, 6.45) is 3.07. The summed E-state index contributed by atoms with van der Waals surface area (Å²) < 4.78 is 36.5. The lowest BCUT2D eigenvalue weighted by molar-refractivity contribution is 0.410. The molecule has 10 nitrogen and oxygen atoms in total. The van der Waals surface area contributed by atoms with Gasteiger partial charge in [0, 0.05) is 24.2 Å². The van der Waals surface area contributed by atoms with Gasteiger partial charge in [-0.1, -0.05) is 0 Å². The van der Waals surface area contributed by atoms with E-state index in [4.69, 9.17) is 4.74 Å². The van der Waals surface area contributed by atoms with Gasteiger partial charge < -0.3 is 4.74 Å². The van der Waals surface area contributed by atoms with Crippen molar-refractivity contribution in [1.29, 1.82) is 0 Å². The Morgan fingerprint density at radius 1 is 1.15 bits per heavy atom. The van der Waals surface area contributed by atoms with Crippen LogP contribution in [0, 0.1) is 0 Å². The van der Waals surface area contributed by atoms with Gasteiger partial charge in [-0.3, -0.25) is 9.40 Å². The zero-order chi connectivity index (χ0) is 19.0. The number of aromatic nitrogens is 6. The molecule has 0 atom stereocenters. The number of benzene rings is 2. The van der Waals surface area contributed by atoms with Crippen LogP contribution in [-0.4, -0.2) is 45.5 Å². The maximum Gasteiger partial charge on any atom is 0.262 e. The van der Waals surface area contributed by atoms with Gasteiger partial charge in [0.1, 0.15) is 17.8 Å². The molecule has 1 N–H and O–H groups in total. The van der Waals surface area contributed by atoms with E-state index in [2.05, 4.69) is 25.3 Å². The molecule has 138 valence electrons. The van der Waals surface area contributed by atoms with Crippen molar-refractivity contribution in [3.05, 3.63) is 48.9 Å². The maximum atomic E-state index is 12.8. The summed E-state index contributed by atoms with van der Waals surface area (Å²) in [6.45, 7) is 0. The molecule has 4 rings (SSSR count). The van der Waals surface area contributed by atoms with Crippen LogP contribution >= 0.6 is 0 Å². The summed E-state index contributed by atoms with van der Waals surface area (Å²) in [4.78, 5) is 0.0578. The molecule has 0 aliphatic carbocycles. The van der Waals surface area contributed by atoms with E-state index in [1.165, 1.54) is 30.3 Å². The number of anilines is 1. The Bertz CT molecular complexity index is 1220. The number of nitrogens with zero attached hydrogens (tertiary/aromatic N) is 6. The van der Waals surface area contributed by atoms with Gasteiger partial charge in [-0.25, -0.2) is 8.42 Å². The van der Waals surface area contributed by atoms with E-state index >= 15 is 0 Å². The van der Waals surface area contributed by atoms with Gasteiger partial charge in [0.25, 0.3) is 10.0 Å². The number of ether oxygens (including phenoxy) is 1. The SMILES string of the molecule is COc1cc(S(=O)(=O)Nc2ccc3c(cnn3C)c2)ccc1-n1cnnn1. The van der Waals surface area contributed by atoms with Crippen molar-refractivity contribution in [3.63, 3.8) is 0 Å². The highest BCUT2D eigenvalue weighted by atomic mass is 32.2. The summed E-state index contributed by atoms with van der Waals surface area (Å²) in [5.74, 6) is 0.327. The van der Waals surface area contributed by atoms with Crippen LogP contribution in [0.3, 0.4) is 0 Å². The van der Waals surface area contributed by atoms with E-state index in [-0.39, 0.29) is 4.90 Å². The van der Waals surface area contributed by atoms with Crippen molar-refractivity contribution in [3.8, 4) is 11.4 Å². The summed E-state index contributed by atoms with van der Waals surface area (Å²) in [5, 5.41) is 15.9. The minimum Gasteiger partial charge on any atom is -0.494 e. The van der Waals surface area contributed by atoms with Gasteiger partial charge in [0.2, 0.25) is 0 Å². The Morgan fingerprint density at radius 3 is 2.74 bits per heavy atom. The highest BCUT2D eigenvalue weighted by Crippen LogP contribution is 2.27. The highest BCUT2D eigenvalue weighted by Gasteiger charge is 2.18. The summed E-state index contributed by atoms with van der Waals surface area (Å²) in [5.41, 5.74) is 1.88. The maximum absolute atomic E-state index is 12.8. The number of sulfonamides is 1. The first-order valence-electron chi connectivity index (χ1n) is 7.84. The quantitative estimate of drug-likeness (QED) is 0.551. The largest absolute Gasteiger partial charge is 0.494 e. The van der Waals surface area contributed by atoms with Crippen LogP contribution in [0.2, 0.25) is 0 Å². The molecular weight excluding hydrogens is 370 g/mol. The van der Waals surface area contributed by atoms with Crippen molar-refractivity contribution in [1.82, 2.24) is 30.0 Å². The molecular formula is C16H15N7O3S. The van der Waals surface area contributed by atoms with E-state index in [9.17, 15) is 8.42 Å². The molecule has 0 aliphatic rings. The van der Waals surface area contributed by atoms with Gasteiger partial charge >= 0.3 is 0 Å². The molecule has 0 saturated heterocycles. The summed E-state index contributed by atoms with van der Waals surface area (Å²) in [7, 11) is -0.540. The van der Waals surface area contributed by atoms with Crippen LogP contribution in [0.15, 0.2) is 53.8 Å². The van der Waals surface area contributed by atoms with Crippen LogP contribution < -0.4 is 9.46 Å². The molecule has 2 heterocycles. The molecule has 0 unspecified atom stereocenters. The Hall–Kier alpha value is -3.47. The average molecular weight is 385 g/mol. The number of methoxy groups -OCH3 is 1. The summed E-state index contributed by atoms with van der Waals surface area (Å²) >= 11 is 0. The van der Waals surface area contributed by atoms with Crippen LogP contribution in [0.4, 0.5) is 5.69 Å². The lowest BCUT2D eigenvalue weighted by Crippen LogP contribution is -2.13. The highest BCUT2D eigenvalue weighted by molar-refractivity contribution is 7.92. The summed E-state index contributed by atoms with van der Waals surface area (Å²) in [6, 6.07) is 9.68. The van der Waals surface area contributed by atoms with E-state index in [1.54, 1.807) is 29.1 Å². The van der Waals surface area contributed by atoms with Gasteiger partial charge in [-0.15, -0.1) is 5.10 Å². The molecule has 2 aromatic heterocycles. The molecule has 4 aromatic rings. The van der Waals surface area contributed by atoms with Crippen molar-refractivity contribution in [2.75, 3.05) is 11.8 Å². The molecule has 0 fully saturated rings. The van der Waals surface area contributed by atoms with E-state index in [0.29, 0.717) is 17.1 Å². The molecule has 0 spiro atoms. The van der Waals surface area contributed by atoms with E-state index < -0.39 is 10.0 Å².